The Labute approximate surface area is 184 Å². The fourth-order valence-corrected chi connectivity index (χ4v) is 3.00. The zero-order valence-corrected chi connectivity index (χ0v) is 18.0. The van der Waals surface area contributed by atoms with Crippen LogP contribution in [-0.4, -0.2) is 50.2 Å². The lowest BCUT2D eigenvalue weighted by Gasteiger charge is -2.12. The third-order valence-corrected chi connectivity index (χ3v) is 5.00. The highest BCUT2D eigenvalue weighted by atomic mass is 16.4. The number of rotatable bonds is 9. The van der Waals surface area contributed by atoms with Gasteiger partial charge in [0.1, 0.15) is 11.7 Å². The average Bonchev–Trinajstić information content (AvgIpc) is 3.47. The minimum atomic E-state index is -1.13. The second-order valence-electron chi connectivity index (χ2n) is 7.30. The van der Waals surface area contributed by atoms with Gasteiger partial charge in [0.15, 0.2) is 0 Å². The fraction of sp³-hybridized carbons (Fsp3) is 0.318. The Morgan fingerprint density at radius 1 is 1.09 bits per heavy atom. The van der Waals surface area contributed by atoms with Crippen LogP contribution in [0.2, 0.25) is 0 Å². The van der Waals surface area contributed by atoms with E-state index in [1.165, 1.54) is 19.2 Å². The van der Waals surface area contributed by atoms with Gasteiger partial charge < -0.3 is 20.2 Å². The van der Waals surface area contributed by atoms with Crippen LogP contribution < -0.4 is 10.6 Å². The molecule has 0 spiro atoms. The molecule has 0 aliphatic carbocycles. The molecule has 0 radical (unpaired) electrons. The van der Waals surface area contributed by atoms with Gasteiger partial charge in [-0.25, -0.2) is 4.98 Å². The van der Waals surface area contributed by atoms with Crippen molar-refractivity contribution in [3.05, 3.63) is 48.0 Å². The molecule has 0 aliphatic rings. The number of aromatic amines is 1. The molecular weight excluding hydrogens is 414 g/mol. The maximum Gasteiger partial charge on any atom is 0.325 e. The van der Waals surface area contributed by atoms with Gasteiger partial charge in [0.25, 0.3) is 11.8 Å². The maximum absolute atomic E-state index is 12.4. The number of nitrogens with zero attached hydrogens (tertiary/aromatic N) is 2. The van der Waals surface area contributed by atoms with E-state index in [1.807, 2.05) is 13.8 Å². The number of carbonyl (C=O) groups is 3. The molecule has 1 unspecified atom stereocenters. The van der Waals surface area contributed by atoms with Gasteiger partial charge in [0.05, 0.1) is 11.9 Å². The van der Waals surface area contributed by atoms with Crippen molar-refractivity contribution < 1.29 is 23.9 Å². The number of amides is 2. The summed E-state index contributed by atoms with van der Waals surface area (Å²) >= 11 is 0. The number of oxazole rings is 1. The summed E-state index contributed by atoms with van der Waals surface area (Å²) in [6.45, 7) is 5.38. The van der Waals surface area contributed by atoms with E-state index in [1.54, 1.807) is 24.3 Å². The van der Waals surface area contributed by atoms with E-state index in [-0.39, 0.29) is 29.3 Å². The SMILES string of the molecule is CCC(CC)NC(=O)c1cnc(-c2cccc(-c3cc(C(=O)NC(C)C(=O)O)[nH]n3)c2)o1. The van der Waals surface area contributed by atoms with Crippen molar-refractivity contribution in [2.75, 3.05) is 0 Å². The Kier molecular flexibility index (Phi) is 7.04. The highest BCUT2D eigenvalue weighted by Crippen LogP contribution is 2.25. The highest BCUT2D eigenvalue weighted by Gasteiger charge is 2.19. The molecule has 0 saturated carbocycles. The summed E-state index contributed by atoms with van der Waals surface area (Å²) in [5, 5.41) is 20.9. The number of aromatic nitrogens is 3. The van der Waals surface area contributed by atoms with E-state index in [4.69, 9.17) is 9.52 Å². The molecule has 0 saturated heterocycles. The molecule has 1 atom stereocenters. The first-order valence-electron chi connectivity index (χ1n) is 10.3. The number of carboxylic acids is 1. The molecular formula is C22H25N5O5. The predicted molar refractivity (Wildman–Crippen MR) is 116 cm³/mol. The molecule has 0 fully saturated rings. The summed E-state index contributed by atoms with van der Waals surface area (Å²) in [4.78, 5) is 39.6. The highest BCUT2D eigenvalue weighted by molar-refractivity contribution is 5.95. The van der Waals surface area contributed by atoms with Gasteiger partial charge in [0, 0.05) is 17.2 Å². The molecule has 32 heavy (non-hydrogen) atoms. The molecule has 10 nitrogen and oxygen atoms in total. The fourth-order valence-electron chi connectivity index (χ4n) is 3.00. The van der Waals surface area contributed by atoms with E-state index in [0.29, 0.717) is 16.8 Å². The van der Waals surface area contributed by atoms with Gasteiger partial charge >= 0.3 is 5.97 Å². The number of nitrogens with one attached hydrogen (secondary N) is 3. The lowest BCUT2D eigenvalue weighted by Crippen LogP contribution is -2.38. The van der Waals surface area contributed by atoms with Crippen LogP contribution in [0.5, 0.6) is 0 Å². The normalized spacial score (nSPS) is 11.9. The van der Waals surface area contributed by atoms with Gasteiger partial charge in [-0.2, -0.15) is 5.10 Å². The van der Waals surface area contributed by atoms with Crippen LogP contribution in [0, 0.1) is 0 Å². The topological polar surface area (TPSA) is 150 Å². The predicted octanol–water partition coefficient (Wildman–Crippen LogP) is 2.85. The molecule has 1 aromatic carbocycles. The summed E-state index contributed by atoms with van der Waals surface area (Å²) in [6, 6.07) is 7.69. The first kappa shape index (κ1) is 22.7. The number of H-pyrrole nitrogens is 1. The standard InChI is InChI=1S/C22H25N5O5/c1-4-15(5-2)25-20(29)18-11-23-21(32-18)14-8-6-7-13(9-14)16-10-17(27-26-16)19(28)24-12(3)22(30)31/h6-12,15H,4-5H2,1-3H3,(H,24,28)(H,25,29)(H,26,27)(H,30,31). The van der Waals surface area contributed by atoms with Crippen molar-refractivity contribution in [2.45, 2.75) is 45.7 Å². The van der Waals surface area contributed by atoms with E-state index in [2.05, 4.69) is 25.8 Å². The molecule has 0 aliphatic heterocycles. The van der Waals surface area contributed by atoms with E-state index in [9.17, 15) is 14.4 Å². The Balaban J connectivity index is 1.76. The van der Waals surface area contributed by atoms with Crippen molar-refractivity contribution >= 4 is 17.8 Å². The summed E-state index contributed by atoms with van der Waals surface area (Å²) in [5.41, 5.74) is 1.94. The van der Waals surface area contributed by atoms with Gasteiger partial charge in [0.2, 0.25) is 11.7 Å². The van der Waals surface area contributed by atoms with Crippen LogP contribution >= 0.6 is 0 Å². The number of carboxylic acid groups (broad SMARTS) is 1. The van der Waals surface area contributed by atoms with Crippen molar-refractivity contribution in [3.63, 3.8) is 0 Å². The van der Waals surface area contributed by atoms with Gasteiger partial charge in [-0.05, 0) is 38.0 Å². The van der Waals surface area contributed by atoms with Crippen LogP contribution in [-0.2, 0) is 4.79 Å². The second-order valence-corrected chi connectivity index (χ2v) is 7.30. The number of carbonyl (C=O) groups excluding carboxylic acids is 2. The lowest BCUT2D eigenvalue weighted by molar-refractivity contribution is -0.138. The number of benzene rings is 1. The molecule has 3 rings (SSSR count). The third kappa shape index (κ3) is 5.20. The number of hydrogen-bond donors (Lipinski definition) is 4. The lowest BCUT2D eigenvalue weighted by atomic mass is 10.1. The van der Waals surface area contributed by atoms with E-state index >= 15 is 0 Å². The van der Waals surface area contributed by atoms with Crippen LogP contribution in [0.3, 0.4) is 0 Å². The van der Waals surface area contributed by atoms with Crippen molar-refractivity contribution in [1.29, 1.82) is 0 Å². The Hall–Kier alpha value is -3.95. The number of aliphatic carboxylic acids is 1. The van der Waals surface area contributed by atoms with Crippen LogP contribution in [0.25, 0.3) is 22.7 Å². The number of hydrogen-bond acceptors (Lipinski definition) is 6. The monoisotopic (exact) mass is 439 g/mol. The van der Waals surface area contributed by atoms with Crippen LogP contribution in [0.4, 0.5) is 0 Å². The summed E-state index contributed by atoms with van der Waals surface area (Å²) < 4.78 is 5.65. The third-order valence-electron chi connectivity index (χ3n) is 5.00. The first-order valence-corrected chi connectivity index (χ1v) is 10.3. The van der Waals surface area contributed by atoms with Gasteiger partial charge in [-0.3, -0.25) is 19.5 Å². The maximum atomic E-state index is 12.4. The second kappa shape index (κ2) is 9.90. The van der Waals surface area contributed by atoms with Crippen molar-refractivity contribution in [2.24, 2.45) is 0 Å². The molecule has 0 bridgehead atoms. The molecule has 4 N–H and O–H groups in total. The molecule has 10 heteroatoms. The minimum Gasteiger partial charge on any atom is -0.480 e. The Morgan fingerprint density at radius 2 is 1.81 bits per heavy atom. The summed E-state index contributed by atoms with van der Waals surface area (Å²) in [5.74, 6) is -1.61. The molecule has 2 amide bonds. The average molecular weight is 439 g/mol. The smallest absolute Gasteiger partial charge is 0.325 e. The van der Waals surface area contributed by atoms with E-state index in [0.717, 1.165) is 12.8 Å². The Bertz CT molecular complexity index is 1120. The Morgan fingerprint density at radius 3 is 2.50 bits per heavy atom. The van der Waals surface area contributed by atoms with Crippen molar-refractivity contribution in [3.8, 4) is 22.7 Å². The van der Waals surface area contributed by atoms with Crippen LogP contribution in [0.1, 0.15) is 54.7 Å². The first-order chi connectivity index (χ1) is 15.3. The summed E-state index contributed by atoms with van der Waals surface area (Å²) in [7, 11) is 0. The molecule has 2 aromatic heterocycles. The van der Waals surface area contributed by atoms with E-state index < -0.39 is 17.9 Å². The largest absolute Gasteiger partial charge is 0.480 e. The molecule has 168 valence electrons. The quantitative estimate of drug-likeness (QED) is 0.400. The van der Waals surface area contributed by atoms with Gasteiger partial charge in [-0.15, -0.1) is 0 Å². The minimum absolute atomic E-state index is 0.0731. The van der Waals surface area contributed by atoms with Crippen molar-refractivity contribution in [1.82, 2.24) is 25.8 Å². The van der Waals surface area contributed by atoms with Gasteiger partial charge in [-0.1, -0.05) is 26.0 Å². The zero-order valence-electron chi connectivity index (χ0n) is 18.0. The zero-order chi connectivity index (χ0) is 23.3. The summed E-state index contributed by atoms with van der Waals surface area (Å²) in [6.07, 6.45) is 3.04. The van der Waals surface area contributed by atoms with Crippen LogP contribution in [0.15, 0.2) is 40.9 Å². The molecule has 2 heterocycles. The molecule has 3 aromatic rings.